The summed E-state index contributed by atoms with van der Waals surface area (Å²) in [6.07, 6.45) is 0.229. The zero-order valence-electron chi connectivity index (χ0n) is 16.6. The lowest BCUT2D eigenvalue weighted by Gasteiger charge is -2.17. The van der Waals surface area contributed by atoms with Crippen molar-refractivity contribution in [1.82, 2.24) is 10.0 Å². The Bertz CT molecular complexity index is 1070. The van der Waals surface area contributed by atoms with Crippen molar-refractivity contribution in [2.24, 2.45) is 5.73 Å². The molecule has 0 aromatic heterocycles. The number of benzene rings is 2. The number of hydrogen-bond acceptors (Lipinski definition) is 6. The number of amides is 1. The molecule has 0 spiro atoms. The molecule has 2 rings (SSSR count). The number of nitrogens with one attached hydrogen (secondary N) is 2. The number of halogens is 1. The van der Waals surface area contributed by atoms with Crippen LogP contribution in [-0.4, -0.2) is 40.2 Å². The number of ether oxygens (including phenoxy) is 2. The molecule has 0 aliphatic heterocycles. The van der Waals surface area contributed by atoms with Crippen LogP contribution in [0.4, 0.5) is 0 Å². The third-order valence-corrected chi connectivity index (χ3v) is 6.31. The van der Waals surface area contributed by atoms with E-state index in [9.17, 15) is 13.2 Å². The third-order valence-electron chi connectivity index (χ3n) is 4.25. The quantitative estimate of drug-likeness (QED) is 0.504. The fourth-order valence-electron chi connectivity index (χ4n) is 2.97. The van der Waals surface area contributed by atoms with Gasteiger partial charge in [-0.25, -0.2) is 8.42 Å². The summed E-state index contributed by atoms with van der Waals surface area (Å²) in [5.41, 5.74) is 6.51. The summed E-state index contributed by atoms with van der Waals surface area (Å²) in [6, 6.07) is 7.98. The van der Waals surface area contributed by atoms with Crippen LogP contribution in [0.15, 0.2) is 35.2 Å². The summed E-state index contributed by atoms with van der Waals surface area (Å²) in [6.45, 7) is 1.78. The second-order valence-electron chi connectivity index (χ2n) is 6.20. The van der Waals surface area contributed by atoms with E-state index in [-0.39, 0.29) is 28.5 Å². The molecular weight excluding hydrogens is 450 g/mol. The van der Waals surface area contributed by atoms with Gasteiger partial charge in [0.05, 0.1) is 24.7 Å². The zero-order chi connectivity index (χ0) is 22.5. The molecule has 0 fully saturated rings. The summed E-state index contributed by atoms with van der Waals surface area (Å²) in [7, 11) is -1.13. The Labute approximate surface area is 185 Å². The Morgan fingerprint density at radius 3 is 2.40 bits per heavy atom. The second kappa shape index (κ2) is 9.96. The Morgan fingerprint density at radius 2 is 1.80 bits per heavy atom. The van der Waals surface area contributed by atoms with Crippen LogP contribution in [0, 0.1) is 6.92 Å². The molecule has 11 heteroatoms. The lowest BCUT2D eigenvalue weighted by Crippen LogP contribution is -2.36. The maximum Gasteiger partial charge on any atom is 0.264 e. The number of thiocarbonyl (C=S) groups is 1. The Kier molecular flexibility index (Phi) is 7.88. The van der Waals surface area contributed by atoms with Crippen molar-refractivity contribution in [3.05, 3.63) is 52.0 Å². The van der Waals surface area contributed by atoms with Crippen molar-refractivity contribution in [2.75, 3.05) is 20.8 Å². The molecule has 2 aromatic carbocycles. The molecule has 2 aromatic rings. The highest BCUT2D eigenvalue weighted by Gasteiger charge is 2.24. The van der Waals surface area contributed by atoms with Crippen LogP contribution < -0.4 is 25.2 Å². The zero-order valence-corrected chi connectivity index (χ0v) is 19.0. The average molecular weight is 472 g/mol. The fourth-order valence-corrected chi connectivity index (χ4v) is 4.86. The van der Waals surface area contributed by atoms with E-state index in [1.54, 1.807) is 31.2 Å². The fraction of sp³-hybridized carbons (Fsp3) is 0.263. The largest absolute Gasteiger partial charge is 0.496 e. The number of rotatable bonds is 8. The topological polar surface area (TPSA) is 120 Å². The van der Waals surface area contributed by atoms with E-state index < -0.39 is 15.9 Å². The summed E-state index contributed by atoms with van der Waals surface area (Å²) in [4.78, 5) is 12.5. The average Bonchev–Trinajstić information content (AvgIpc) is 2.66. The van der Waals surface area contributed by atoms with Crippen molar-refractivity contribution >= 4 is 44.9 Å². The van der Waals surface area contributed by atoms with E-state index in [1.807, 2.05) is 0 Å². The smallest absolute Gasteiger partial charge is 0.264 e. The molecule has 8 nitrogen and oxygen atoms in total. The molecule has 0 heterocycles. The van der Waals surface area contributed by atoms with Crippen LogP contribution in [0.5, 0.6) is 11.5 Å². The van der Waals surface area contributed by atoms with Crippen molar-refractivity contribution in [3.8, 4) is 11.5 Å². The molecular formula is C19H22ClN3O5S2. The van der Waals surface area contributed by atoms with Crippen molar-refractivity contribution in [3.63, 3.8) is 0 Å². The first-order valence-corrected chi connectivity index (χ1v) is 11.0. The predicted molar refractivity (Wildman–Crippen MR) is 119 cm³/mol. The first-order valence-electron chi connectivity index (χ1n) is 8.71. The highest BCUT2D eigenvalue weighted by atomic mass is 35.5. The highest BCUT2D eigenvalue weighted by molar-refractivity contribution is 7.92. The van der Waals surface area contributed by atoms with E-state index in [2.05, 4.69) is 22.3 Å². The van der Waals surface area contributed by atoms with Crippen molar-refractivity contribution < 1.29 is 22.7 Å². The number of carbonyl (C=O) groups is 1. The molecule has 0 bridgehead atoms. The molecule has 0 aliphatic carbocycles. The molecule has 0 radical (unpaired) electrons. The minimum Gasteiger partial charge on any atom is -0.496 e. The summed E-state index contributed by atoms with van der Waals surface area (Å²) in [5, 5.41) is 2.76. The van der Waals surface area contributed by atoms with E-state index >= 15 is 0 Å². The van der Waals surface area contributed by atoms with Crippen LogP contribution in [0.1, 0.15) is 21.5 Å². The van der Waals surface area contributed by atoms with Gasteiger partial charge in [0.25, 0.3) is 15.9 Å². The predicted octanol–water partition coefficient (Wildman–Crippen LogP) is 2.16. The molecule has 0 saturated carbocycles. The van der Waals surface area contributed by atoms with Crippen LogP contribution in [0.25, 0.3) is 0 Å². The molecule has 0 aliphatic rings. The van der Waals surface area contributed by atoms with Crippen LogP contribution in [0.3, 0.4) is 0 Å². The molecule has 4 N–H and O–H groups in total. The third kappa shape index (κ3) is 5.53. The summed E-state index contributed by atoms with van der Waals surface area (Å²) in [5.74, 6) is 0.376. The van der Waals surface area contributed by atoms with Gasteiger partial charge in [-0.15, -0.1) is 0 Å². The SMILES string of the molecule is COc1ccc(Cl)cc1C(=O)NCCc1ccc(OC)c(C)c1S(=O)(=O)NC(N)=S. The van der Waals surface area contributed by atoms with Gasteiger partial charge < -0.3 is 20.5 Å². The minimum absolute atomic E-state index is 0.00392. The molecule has 30 heavy (non-hydrogen) atoms. The first kappa shape index (κ1) is 23.7. The summed E-state index contributed by atoms with van der Waals surface area (Å²) >= 11 is 10.6. The molecule has 0 unspecified atom stereocenters. The van der Waals surface area contributed by atoms with Gasteiger partial charge in [0.2, 0.25) is 0 Å². The normalized spacial score (nSPS) is 10.9. The highest BCUT2D eigenvalue weighted by Crippen LogP contribution is 2.29. The molecule has 0 atom stereocenters. The minimum atomic E-state index is -4.02. The first-order chi connectivity index (χ1) is 14.1. The lowest BCUT2D eigenvalue weighted by atomic mass is 10.1. The van der Waals surface area contributed by atoms with Crippen molar-refractivity contribution in [2.45, 2.75) is 18.2 Å². The number of methoxy groups -OCH3 is 2. The van der Waals surface area contributed by atoms with E-state index in [1.165, 1.54) is 20.3 Å². The van der Waals surface area contributed by atoms with Gasteiger partial charge in [-0.3, -0.25) is 9.52 Å². The number of hydrogen-bond donors (Lipinski definition) is 3. The van der Waals surface area contributed by atoms with Crippen LogP contribution >= 0.6 is 23.8 Å². The van der Waals surface area contributed by atoms with Gasteiger partial charge in [-0.2, -0.15) is 0 Å². The lowest BCUT2D eigenvalue weighted by molar-refractivity contribution is 0.0951. The second-order valence-corrected chi connectivity index (χ2v) is 8.70. The monoisotopic (exact) mass is 471 g/mol. The Balaban J connectivity index is 2.27. The number of carbonyl (C=O) groups excluding carboxylic acids is 1. The maximum absolute atomic E-state index is 12.7. The molecule has 1 amide bonds. The van der Waals surface area contributed by atoms with Crippen molar-refractivity contribution in [1.29, 1.82) is 0 Å². The maximum atomic E-state index is 12.7. The summed E-state index contributed by atoms with van der Waals surface area (Å²) < 4.78 is 38.0. The number of nitrogens with two attached hydrogens (primary N) is 1. The van der Waals surface area contributed by atoms with Gasteiger partial charge in [0.15, 0.2) is 5.11 Å². The number of sulfonamides is 1. The van der Waals surface area contributed by atoms with Gasteiger partial charge in [-0.1, -0.05) is 17.7 Å². The van der Waals surface area contributed by atoms with E-state index in [0.717, 1.165) is 0 Å². The Hall–Kier alpha value is -2.56. The standard InChI is InChI=1S/C19H22ClN3O5S2/c1-11-15(27-2)6-4-12(17(11)30(25,26)23-19(21)29)8-9-22-18(24)14-10-13(20)5-7-16(14)28-3/h4-7,10H,8-9H2,1-3H3,(H,22,24)(H3,21,23,29). The molecule has 162 valence electrons. The van der Waals surface area contributed by atoms with Gasteiger partial charge in [0, 0.05) is 17.1 Å². The van der Waals surface area contributed by atoms with E-state index in [0.29, 0.717) is 27.6 Å². The molecule has 0 saturated heterocycles. The van der Waals surface area contributed by atoms with Gasteiger partial charge in [0.1, 0.15) is 11.5 Å². The Morgan fingerprint density at radius 1 is 1.17 bits per heavy atom. The van der Waals surface area contributed by atoms with E-state index in [4.69, 9.17) is 26.8 Å². The van der Waals surface area contributed by atoms with Gasteiger partial charge >= 0.3 is 0 Å². The van der Waals surface area contributed by atoms with Crippen LogP contribution in [0.2, 0.25) is 5.02 Å². The van der Waals surface area contributed by atoms with Crippen LogP contribution in [-0.2, 0) is 16.4 Å². The van der Waals surface area contributed by atoms with Gasteiger partial charge in [-0.05, 0) is 55.4 Å².